The number of carbonyl (C=O) groups excluding carboxylic acids is 2. The molecule has 0 spiro atoms. The van der Waals surface area contributed by atoms with Crippen LogP contribution in [0.25, 0.3) is 10.9 Å². The summed E-state index contributed by atoms with van der Waals surface area (Å²) in [5.74, 6) is -0.799. The van der Waals surface area contributed by atoms with Gasteiger partial charge in [0.2, 0.25) is 0 Å². The van der Waals surface area contributed by atoms with Crippen LogP contribution in [0.2, 0.25) is 0 Å². The average molecular weight is 336 g/mol. The van der Waals surface area contributed by atoms with Crippen LogP contribution in [0.5, 0.6) is 0 Å². The van der Waals surface area contributed by atoms with Gasteiger partial charge in [0.1, 0.15) is 5.69 Å². The number of rotatable bonds is 5. The topological polar surface area (TPSA) is 62.4 Å². The van der Waals surface area contributed by atoms with Gasteiger partial charge in [-0.1, -0.05) is 36.4 Å². The molecule has 1 N–H and O–H groups in total. The predicted molar refractivity (Wildman–Crippen MR) is 97.6 cm³/mol. The summed E-state index contributed by atoms with van der Waals surface area (Å²) in [6.07, 6.45) is 0. The molecular weight excluding hydrogens is 316 g/mol. The number of anilines is 1. The largest absolute Gasteiger partial charge is 0.451 e. The summed E-state index contributed by atoms with van der Waals surface area (Å²) in [5.41, 5.74) is 1.97. The van der Waals surface area contributed by atoms with Crippen molar-refractivity contribution in [2.24, 2.45) is 0 Å². The van der Waals surface area contributed by atoms with Gasteiger partial charge in [-0.2, -0.15) is 0 Å². The van der Waals surface area contributed by atoms with E-state index in [1.54, 1.807) is 11.0 Å². The monoisotopic (exact) mass is 336 g/mol. The Balaban J connectivity index is 1.69. The van der Waals surface area contributed by atoms with Crippen LogP contribution < -0.4 is 4.90 Å². The van der Waals surface area contributed by atoms with E-state index in [4.69, 9.17) is 4.74 Å². The molecule has 1 amide bonds. The Hall–Kier alpha value is -3.08. The van der Waals surface area contributed by atoms with Crippen LogP contribution in [0.15, 0.2) is 60.7 Å². The maximum atomic E-state index is 12.5. The van der Waals surface area contributed by atoms with Crippen molar-refractivity contribution < 1.29 is 14.3 Å². The first-order chi connectivity index (χ1) is 12.1. The Labute approximate surface area is 146 Å². The first kappa shape index (κ1) is 16.8. The molecule has 5 heteroatoms. The van der Waals surface area contributed by atoms with E-state index in [1.165, 1.54) is 0 Å². The summed E-state index contributed by atoms with van der Waals surface area (Å²) in [4.78, 5) is 29.4. The van der Waals surface area contributed by atoms with Gasteiger partial charge < -0.3 is 14.6 Å². The van der Waals surface area contributed by atoms with Gasteiger partial charge in [0.05, 0.1) is 0 Å². The van der Waals surface area contributed by atoms with Crippen molar-refractivity contribution in [3.8, 4) is 0 Å². The first-order valence-electron chi connectivity index (χ1n) is 8.18. The van der Waals surface area contributed by atoms with E-state index < -0.39 is 5.97 Å². The lowest BCUT2D eigenvalue weighted by Gasteiger charge is -2.26. The SMILES string of the molecule is CC(C)N(C(=O)COC(=O)c1cc2ccccc2[nH]1)c1ccccc1. The number of hydrogen-bond acceptors (Lipinski definition) is 3. The van der Waals surface area contributed by atoms with Gasteiger partial charge >= 0.3 is 5.97 Å². The minimum absolute atomic E-state index is 0.0401. The van der Waals surface area contributed by atoms with E-state index in [-0.39, 0.29) is 18.6 Å². The number of carbonyl (C=O) groups is 2. The molecule has 0 fully saturated rings. The summed E-state index contributed by atoms with van der Waals surface area (Å²) in [6, 6.07) is 18.6. The molecule has 0 bridgehead atoms. The van der Waals surface area contributed by atoms with Crippen LogP contribution in [0.1, 0.15) is 24.3 Å². The van der Waals surface area contributed by atoms with E-state index in [0.29, 0.717) is 5.69 Å². The van der Waals surface area contributed by atoms with Crippen molar-refractivity contribution in [3.63, 3.8) is 0 Å². The van der Waals surface area contributed by atoms with Crippen molar-refractivity contribution in [2.45, 2.75) is 19.9 Å². The molecule has 0 aliphatic rings. The third-order valence-corrected chi connectivity index (χ3v) is 3.90. The normalized spacial score (nSPS) is 10.8. The lowest BCUT2D eigenvalue weighted by molar-refractivity contribution is -0.122. The molecule has 1 aromatic heterocycles. The zero-order valence-corrected chi connectivity index (χ0v) is 14.2. The molecule has 3 rings (SSSR count). The summed E-state index contributed by atoms with van der Waals surface area (Å²) < 4.78 is 5.21. The summed E-state index contributed by atoms with van der Waals surface area (Å²) in [7, 11) is 0. The quantitative estimate of drug-likeness (QED) is 0.722. The van der Waals surface area contributed by atoms with Crippen molar-refractivity contribution in [2.75, 3.05) is 11.5 Å². The van der Waals surface area contributed by atoms with E-state index in [9.17, 15) is 9.59 Å². The van der Waals surface area contributed by atoms with E-state index in [1.807, 2.05) is 68.4 Å². The van der Waals surface area contributed by atoms with Crippen LogP contribution in [-0.2, 0) is 9.53 Å². The third kappa shape index (κ3) is 3.71. The molecule has 5 nitrogen and oxygen atoms in total. The lowest BCUT2D eigenvalue weighted by Crippen LogP contribution is -2.39. The fourth-order valence-electron chi connectivity index (χ4n) is 2.78. The van der Waals surface area contributed by atoms with Gasteiger partial charge in [0.15, 0.2) is 6.61 Å². The molecule has 128 valence electrons. The maximum Gasteiger partial charge on any atom is 0.355 e. The molecule has 25 heavy (non-hydrogen) atoms. The third-order valence-electron chi connectivity index (χ3n) is 3.90. The lowest BCUT2D eigenvalue weighted by atomic mass is 10.2. The van der Waals surface area contributed by atoms with Crippen LogP contribution >= 0.6 is 0 Å². The standard InChI is InChI=1S/C20H20N2O3/c1-14(2)22(16-9-4-3-5-10-16)19(23)13-25-20(24)18-12-15-8-6-7-11-17(15)21-18/h3-12,14,21H,13H2,1-2H3. The van der Waals surface area contributed by atoms with Gasteiger partial charge in [-0.25, -0.2) is 4.79 Å². The highest BCUT2D eigenvalue weighted by molar-refractivity contribution is 5.98. The number of nitrogens with one attached hydrogen (secondary N) is 1. The number of para-hydroxylation sites is 2. The number of H-pyrrole nitrogens is 1. The highest BCUT2D eigenvalue weighted by Gasteiger charge is 2.21. The highest BCUT2D eigenvalue weighted by atomic mass is 16.5. The number of esters is 1. The zero-order valence-electron chi connectivity index (χ0n) is 14.2. The molecule has 0 aliphatic carbocycles. The minimum atomic E-state index is -0.540. The fourth-order valence-corrected chi connectivity index (χ4v) is 2.78. The predicted octanol–water partition coefficient (Wildman–Crippen LogP) is 3.77. The number of nitrogens with zero attached hydrogens (tertiary/aromatic N) is 1. The van der Waals surface area contributed by atoms with Crippen molar-refractivity contribution >= 4 is 28.5 Å². The van der Waals surface area contributed by atoms with E-state index >= 15 is 0 Å². The van der Waals surface area contributed by atoms with Crippen LogP contribution in [-0.4, -0.2) is 29.5 Å². The molecule has 3 aromatic rings. The van der Waals surface area contributed by atoms with Crippen LogP contribution in [0, 0.1) is 0 Å². The van der Waals surface area contributed by atoms with Gasteiger partial charge in [0, 0.05) is 22.6 Å². The highest BCUT2D eigenvalue weighted by Crippen LogP contribution is 2.18. The average Bonchev–Trinajstić information content (AvgIpc) is 3.04. The minimum Gasteiger partial charge on any atom is -0.451 e. The first-order valence-corrected chi connectivity index (χ1v) is 8.18. The van der Waals surface area contributed by atoms with E-state index in [0.717, 1.165) is 16.6 Å². The smallest absolute Gasteiger partial charge is 0.355 e. The van der Waals surface area contributed by atoms with Crippen molar-refractivity contribution in [1.82, 2.24) is 4.98 Å². The summed E-state index contributed by atoms with van der Waals surface area (Å²) in [6.45, 7) is 3.54. The molecule has 0 unspecified atom stereocenters. The van der Waals surface area contributed by atoms with Crippen LogP contribution in [0.4, 0.5) is 5.69 Å². The Morgan fingerprint density at radius 2 is 1.72 bits per heavy atom. The second-order valence-corrected chi connectivity index (χ2v) is 6.04. The van der Waals surface area contributed by atoms with Gasteiger partial charge in [-0.15, -0.1) is 0 Å². The van der Waals surface area contributed by atoms with Gasteiger partial charge in [-0.3, -0.25) is 4.79 Å². The molecule has 0 atom stereocenters. The number of ether oxygens (including phenoxy) is 1. The number of hydrogen-bond donors (Lipinski definition) is 1. The summed E-state index contributed by atoms with van der Waals surface area (Å²) >= 11 is 0. The fraction of sp³-hybridized carbons (Fsp3) is 0.200. The molecule has 0 saturated carbocycles. The number of aromatic amines is 1. The molecule has 0 aliphatic heterocycles. The number of fused-ring (bicyclic) bond motifs is 1. The number of benzene rings is 2. The Kier molecular flexibility index (Phi) is 4.84. The van der Waals surface area contributed by atoms with Gasteiger partial charge in [-0.05, 0) is 38.1 Å². The number of amides is 1. The van der Waals surface area contributed by atoms with Crippen molar-refractivity contribution in [1.29, 1.82) is 0 Å². The second kappa shape index (κ2) is 7.21. The Bertz CT molecular complexity index is 851. The summed E-state index contributed by atoms with van der Waals surface area (Å²) in [5, 5.41) is 0.925. The molecule has 2 aromatic carbocycles. The molecule has 1 heterocycles. The van der Waals surface area contributed by atoms with E-state index in [2.05, 4.69) is 4.98 Å². The van der Waals surface area contributed by atoms with Crippen LogP contribution in [0.3, 0.4) is 0 Å². The van der Waals surface area contributed by atoms with Crippen molar-refractivity contribution in [3.05, 3.63) is 66.4 Å². The Morgan fingerprint density at radius 1 is 1.04 bits per heavy atom. The Morgan fingerprint density at radius 3 is 2.40 bits per heavy atom. The zero-order chi connectivity index (χ0) is 17.8. The molecular formula is C20H20N2O3. The molecule has 0 radical (unpaired) electrons. The van der Waals surface area contributed by atoms with Gasteiger partial charge in [0.25, 0.3) is 5.91 Å². The second-order valence-electron chi connectivity index (χ2n) is 6.04. The molecule has 0 saturated heterocycles. The number of aromatic nitrogens is 1. The maximum absolute atomic E-state index is 12.5.